The summed E-state index contributed by atoms with van der Waals surface area (Å²) >= 11 is 0. The van der Waals surface area contributed by atoms with Crippen molar-refractivity contribution in [3.8, 4) is 0 Å². The van der Waals surface area contributed by atoms with Gasteiger partial charge in [-0.3, -0.25) is 4.79 Å². The predicted octanol–water partition coefficient (Wildman–Crippen LogP) is 4.13. The average molecular weight is 208 g/mol. The number of Topliss-reactive ketones (excluding diaryl/α,β-unsaturated/α-hetero) is 1. The molecule has 0 saturated carbocycles. The van der Waals surface area contributed by atoms with Crippen LogP contribution >= 0.6 is 0 Å². The lowest BCUT2D eigenvalue weighted by Gasteiger charge is -2.34. The van der Waals surface area contributed by atoms with Gasteiger partial charge in [-0.2, -0.15) is 0 Å². The van der Waals surface area contributed by atoms with Gasteiger partial charge in [0.25, 0.3) is 0 Å². The van der Waals surface area contributed by atoms with Crippen LogP contribution in [0.15, 0.2) is 11.1 Å². The van der Waals surface area contributed by atoms with Crippen molar-refractivity contribution in [2.75, 3.05) is 0 Å². The van der Waals surface area contributed by atoms with Crippen molar-refractivity contribution in [2.24, 2.45) is 11.3 Å². The van der Waals surface area contributed by atoms with Gasteiger partial charge in [0.1, 0.15) is 5.78 Å². The van der Waals surface area contributed by atoms with Crippen molar-refractivity contribution in [2.45, 2.75) is 60.3 Å². The Kier molecular flexibility index (Phi) is 3.75. The van der Waals surface area contributed by atoms with Crippen molar-refractivity contribution < 1.29 is 4.79 Å². The van der Waals surface area contributed by atoms with Gasteiger partial charge in [0.15, 0.2) is 0 Å². The van der Waals surface area contributed by atoms with Gasteiger partial charge < -0.3 is 0 Å². The summed E-state index contributed by atoms with van der Waals surface area (Å²) in [5.41, 5.74) is 3.11. The molecule has 0 aliphatic heterocycles. The van der Waals surface area contributed by atoms with E-state index in [1.54, 1.807) is 0 Å². The van der Waals surface area contributed by atoms with Crippen LogP contribution in [-0.4, -0.2) is 5.78 Å². The Labute approximate surface area is 93.9 Å². The van der Waals surface area contributed by atoms with Gasteiger partial charge in [0.05, 0.1) is 0 Å². The highest BCUT2D eigenvalue weighted by Gasteiger charge is 2.29. The summed E-state index contributed by atoms with van der Waals surface area (Å²) in [6.07, 6.45) is 4.36. The van der Waals surface area contributed by atoms with E-state index in [0.29, 0.717) is 12.2 Å². The molecule has 1 rings (SSSR count). The van der Waals surface area contributed by atoms with Gasteiger partial charge in [-0.15, -0.1) is 0 Å². The molecule has 1 aliphatic rings. The van der Waals surface area contributed by atoms with Gasteiger partial charge in [-0.05, 0) is 31.6 Å². The maximum atomic E-state index is 11.8. The molecule has 15 heavy (non-hydrogen) atoms. The van der Waals surface area contributed by atoms with Crippen LogP contribution in [0.2, 0.25) is 0 Å². The fourth-order valence-corrected chi connectivity index (χ4v) is 2.44. The third-order valence-electron chi connectivity index (χ3n) is 3.68. The standard InChI is InChI=1S/C14H24O/c1-10(2)13(15)9-12-11(3)7-6-8-14(12,4)5/h10H,6-9H2,1-5H3. The molecular formula is C14H24O. The molecule has 0 bridgehead atoms. The van der Waals surface area contributed by atoms with Crippen molar-refractivity contribution in [3.05, 3.63) is 11.1 Å². The van der Waals surface area contributed by atoms with E-state index in [4.69, 9.17) is 0 Å². The van der Waals surface area contributed by atoms with Crippen LogP contribution in [-0.2, 0) is 4.79 Å². The number of hydrogen-bond donors (Lipinski definition) is 0. The average Bonchev–Trinajstić information content (AvgIpc) is 2.10. The Morgan fingerprint density at radius 1 is 1.40 bits per heavy atom. The molecule has 0 atom stereocenters. The second-order valence-electron chi connectivity index (χ2n) is 5.79. The first-order chi connectivity index (χ1) is 6.84. The minimum atomic E-state index is 0.169. The topological polar surface area (TPSA) is 17.1 Å². The summed E-state index contributed by atoms with van der Waals surface area (Å²) in [7, 11) is 0. The van der Waals surface area contributed by atoms with Gasteiger partial charge in [0.2, 0.25) is 0 Å². The summed E-state index contributed by atoms with van der Waals surface area (Å²) in [6, 6.07) is 0. The Bertz CT molecular complexity index is 282. The molecule has 0 N–H and O–H groups in total. The highest BCUT2D eigenvalue weighted by atomic mass is 16.1. The Morgan fingerprint density at radius 2 is 2.00 bits per heavy atom. The van der Waals surface area contributed by atoms with E-state index in [-0.39, 0.29) is 11.3 Å². The number of ketones is 1. The number of rotatable bonds is 3. The smallest absolute Gasteiger partial charge is 0.139 e. The molecule has 0 heterocycles. The monoisotopic (exact) mass is 208 g/mol. The molecule has 0 radical (unpaired) electrons. The highest BCUT2D eigenvalue weighted by Crippen LogP contribution is 2.42. The van der Waals surface area contributed by atoms with Gasteiger partial charge in [0, 0.05) is 12.3 Å². The SMILES string of the molecule is CC1=C(CC(=O)C(C)C)C(C)(C)CCC1. The van der Waals surface area contributed by atoms with Crippen molar-refractivity contribution in [1.82, 2.24) is 0 Å². The number of hydrogen-bond acceptors (Lipinski definition) is 1. The molecule has 86 valence electrons. The first-order valence-corrected chi connectivity index (χ1v) is 6.06. The number of carbonyl (C=O) groups excluding carboxylic acids is 1. The maximum Gasteiger partial charge on any atom is 0.139 e. The minimum absolute atomic E-state index is 0.169. The zero-order chi connectivity index (χ0) is 11.6. The summed E-state index contributed by atoms with van der Waals surface area (Å²) in [6.45, 7) is 10.7. The van der Waals surface area contributed by atoms with Crippen LogP contribution in [0.5, 0.6) is 0 Å². The lowest BCUT2D eigenvalue weighted by molar-refractivity contribution is -0.121. The Hall–Kier alpha value is -0.590. The largest absolute Gasteiger partial charge is 0.299 e. The van der Waals surface area contributed by atoms with Crippen molar-refractivity contribution in [1.29, 1.82) is 0 Å². The summed E-state index contributed by atoms with van der Waals surface area (Å²) < 4.78 is 0. The molecular weight excluding hydrogens is 184 g/mol. The Morgan fingerprint density at radius 3 is 2.47 bits per heavy atom. The normalized spacial score (nSPS) is 20.9. The molecule has 0 aromatic rings. The van der Waals surface area contributed by atoms with Gasteiger partial charge in [-0.25, -0.2) is 0 Å². The summed E-state index contributed by atoms with van der Waals surface area (Å²) in [4.78, 5) is 11.8. The molecule has 0 amide bonds. The van der Waals surface area contributed by atoms with E-state index in [1.807, 2.05) is 13.8 Å². The fourth-order valence-electron chi connectivity index (χ4n) is 2.44. The second-order valence-corrected chi connectivity index (χ2v) is 5.79. The van der Waals surface area contributed by atoms with Crippen LogP contribution in [0.1, 0.15) is 60.3 Å². The Balaban J connectivity index is 2.85. The molecule has 1 heteroatoms. The summed E-state index contributed by atoms with van der Waals surface area (Å²) in [5.74, 6) is 0.558. The molecule has 1 aliphatic carbocycles. The van der Waals surface area contributed by atoms with E-state index in [9.17, 15) is 4.79 Å². The van der Waals surface area contributed by atoms with Gasteiger partial charge >= 0.3 is 0 Å². The first kappa shape index (κ1) is 12.5. The van der Waals surface area contributed by atoms with Crippen molar-refractivity contribution >= 4 is 5.78 Å². The zero-order valence-corrected chi connectivity index (χ0v) is 10.8. The lowest BCUT2D eigenvalue weighted by atomic mass is 9.70. The fraction of sp³-hybridized carbons (Fsp3) is 0.786. The number of allylic oxidation sites excluding steroid dienone is 2. The van der Waals surface area contributed by atoms with E-state index in [0.717, 1.165) is 0 Å². The minimum Gasteiger partial charge on any atom is -0.299 e. The molecule has 0 aromatic heterocycles. The van der Waals surface area contributed by atoms with Gasteiger partial charge in [-0.1, -0.05) is 38.8 Å². The maximum absolute atomic E-state index is 11.8. The second kappa shape index (κ2) is 4.51. The van der Waals surface area contributed by atoms with Crippen LogP contribution in [0.25, 0.3) is 0 Å². The third-order valence-corrected chi connectivity index (χ3v) is 3.68. The van der Waals surface area contributed by atoms with Crippen LogP contribution in [0, 0.1) is 11.3 Å². The van der Waals surface area contributed by atoms with Crippen LogP contribution in [0.4, 0.5) is 0 Å². The molecule has 1 nitrogen and oxygen atoms in total. The highest BCUT2D eigenvalue weighted by molar-refractivity contribution is 5.83. The van der Waals surface area contributed by atoms with E-state index in [2.05, 4.69) is 20.8 Å². The summed E-state index contributed by atoms with van der Waals surface area (Å²) in [5, 5.41) is 0. The zero-order valence-electron chi connectivity index (χ0n) is 10.8. The third kappa shape index (κ3) is 2.93. The van der Waals surface area contributed by atoms with Crippen LogP contribution in [0.3, 0.4) is 0 Å². The van der Waals surface area contributed by atoms with E-state index in [1.165, 1.54) is 30.4 Å². The number of carbonyl (C=O) groups is 1. The first-order valence-electron chi connectivity index (χ1n) is 6.06. The predicted molar refractivity (Wildman–Crippen MR) is 64.8 cm³/mol. The molecule has 0 spiro atoms. The molecule has 0 fully saturated rings. The van der Waals surface area contributed by atoms with Crippen LogP contribution < -0.4 is 0 Å². The lowest BCUT2D eigenvalue weighted by Crippen LogP contribution is -2.23. The molecule has 0 unspecified atom stereocenters. The van der Waals surface area contributed by atoms with Crippen molar-refractivity contribution in [3.63, 3.8) is 0 Å². The molecule has 0 aromatic carbocycles. The van der Waals surface area contributed by atoms with E-state index < -0.39 is 0 Å². The molecule has 0 saturated heterocycles. The quantitative estimate of drug-likeness (QED) is 0.637. The van der Waals surface area contributed by atoms with E-state index >= 15 is 0 Å².